The van der Waals surface area contributed by atoms with Crippen LogP contribution in [0, 0.1) is 6.92 Å². The SMILES string of the molecule is Cc1cc2occ(CC(=O)NC3CCc4ccccc43)c2cc1C(C)C. The van der Waals surface area contributed by atoms with Gasteiger partial charge in [0, 0.05) is 10.9 Å². The Kier molecular flexibility index (Phi) is 4.31. The normalized spacial score (nSPS) is 16.2. The summed E-state index contributed by atoms with van der Waals surface area (Å²) >= 11 is 0. The van der Waals surface area contributed by atoms with Crippen molar-refractivity contribution in [3.63, 3.8) is 0 Å². The highest BCUT2D eigenvalue weighted by Crippen LogP contribution is 2.32. The standard InChI is InChI=1S/C23H25NO2/c1-14(2)19-12-20-17(13-26-22(20)10-15(19)3)11-23(25)24-21-9-8-16-6-4-5-7-18(16)21/h4-7,10,12-14,21H,8-9,11H2,1-3H3,(H,24,25). The van der Waals surface area contributed by atoms with Crippen LogP contribution in [0.15, 0.2) is 47.1 Å². The van der Waals surface area contributed by atoms with Gasteiger partial charge in [0.15, 0.2) is 0 Å². The summed E-state index contributed by atoms with van der Waals surface area (Å²) in [5, 5.41) is 4.26. The molecule has 134 valence electrons. The monoisotopic (exact) mass is 347 g/mol. The van der Waals surface area contributed by atoms with Gasteiger partial charge in [0.05, 0.1) is 18.7 Å². The molecule has 26 heavy (non-hydrogen) atoms. The Morgan fingerprint density at radius 2 is 2.08 bits per heavy atom. The van der Waals surface area contributed by atoms with E-state index in [2.05, 4.69) is 56.4 Å². The smallest absolute Gasteiger partial charge is 0.225 e. The molecule has 1 aromatic heterocycles. The fraction of sp³-hybridized carbons (Fsp3) is 0.348. The number of carbonyl (C=O) groups excluding carboxylic acids is 1. The lowest BCUT2D eigenvalue weighted by Gasteiger charge is -2.14. The minimum Gasteiger partial charge on any atom is -0.464 e. The summed E-state index contributed by atoms with van der Waals surface area (Å²) < 4.78 is 5.71. The van der Waals surface area contributed by atoms with E-state index in [0.717, 1.165) is 29.4 Å². The number of hydrogen-bond acceptors (Lipinski definition) is 2. The second-order valence-electron chi connectivity index (χ2n) is 7.65. The Labute approximate surface area is 154 Å². The molecular formula is C23H25NO2. The van der Waals surface area contributed by atoms with Gasteiger partial charge in [-0.2, -0.15) is 0 Å². The summed E-state index contributed by atoms with van der Waals surface area (Å²) in [5.41, 5.74) is 6.98. The molecule has 0 spiro atoms. The van der Waals surface area contributed by atoms with E-state index < -0.39 is 0 Å². The second-order valence-corrected chi connectivity index (χ2v) is 7.65. The number of fused-ring (bicyclic) bond motifs is 2. The lowest BCUT2D eigenvalue weighted by Crippen LogP contribution is -2.28. The van der Waals surface area contributed by atoms with E-state index in [1.165, 1.54) is 22.3 Å². The van der Waals surface area contributed by atoms with Crippen LogP contribution < -0.4 is 5.32 Å². The molecule has 2 aromatic carbocycles. The summed E-state index contributed by atoms with van der Waals surface area (Å²) in [6, 6.07) is 12.8. The van der Waals surface area contributed by atoms with Crippen LogP contribution in [0.2, 0.25) is 0 Å². The van der Waals surface area contributed by atoms with Gasteiger partial charge in [-0.25, -0.2) is 0 Å². The molecule has 0 saturated heterocycles. The average molecular weight is 347 g/mol. The highest BCUT2D eigenvalue weighted by molar-refractivity contribution is 5.88. The van der Waals surface area contributed by atoms with E-state index in [4.69, 9.17) is 4.42 Å². The first kappa shape index (κ1) is 16.9. The molecule has 0 fully saturated rings. The molecule has 1 amide bonds. The molecule has 1 unspecified atom stereocenters. The highest BCUT2D eigenvalue weighted by atomic mass is 16.3. The molecule has 0 radical (unpaired) electrons. The van der Waals surface area contributed by atoms with Crippen molar-refractivity contribution in [1.29, 1.82) is 0 Å². The van der Waals surface area contributed by atoms with Crippen LogP contribution in [-0.2, 0) is 17.6 Å². The summed E-state index contributed by atoms with van der Waals surface area (Å²) in [4.78, 5) is 12.7. The van der Waals surface area contributed by atoms with Gasteiger partial charge in [-0.15, -0.1) is 0 Å². The van der Waals surface area contributed by atoms with Gasteiger partial charge in [-0.3, -0.25) is 4.79 Å². The van der Waals surface area contributed by atoms with Gasteiger partial charge in [0.25, 0.3) is 0 Å². The maximum atomic E-state index is 12.7. The lowest BCUT2D eigenvalue weighted by molar-refractivity contribution is -0.121. The van der Waals surface area contributed by atoms with Gasteiger partial charge in [0.1, 0.15) is 5.58 Å². The molecule has 0 aliphatic heterocycles. The molecule has 0 saturated carbocycles. The number of carbonyl (C=O) groups is 1. The molecule has 1 aliphatic carbocycles. The maximum Gasteiger partial charge on any atom is 0.225 e. The number of aryl methyl sites for hydroxylation is 2. The van der Waals surface area contributed by atoms with Crippen molar-refractivity contribution in [3.8, 4) is 0 Å². The first-order valence-electron chi connectivity index (χ1n) is 9.40. The van der Waals surface area contributed by atoms with Crippen molar-refractivity contribution >= 4 is 16.9 Å². The van der Waals surface area contributed by atoms with Crippen molar-refractivity contribution in [2.75, 3.05) is 0 Å². The van der Waals surface area contributed by atoms with Crippen molar-refractivity contribution in [1.82, 2.24) is 5.32 Å². The third-order valence-electron chi connectivity index (χ3n) is 5.48. The van der Waals surface area contributed by atoms with Crippen molar-refractivity contribution in [2.45, 2.75) is 52.0 Å². The quantitative estimate of drug-likeness (QED) is 0.704. The summed E-state index contributed by atoms with van der Waals surface area (Å²) in [7, 11) is 0. The predicted molar refractivity (Wildman–Crippen MR) is 104 cm³/mol. The van der Waals surface area contributed by atoms with Crippen LogP contribution in [0.3, 0.4) is 0 Å². The maximum absolute atomic E-state index is 12.7. The van der Waals surface area contributed by atoms with E-state index in [-0.39, 0.29) is 11.9 Å². The minimum absolute atomic E-state index is 0.0566. The van der Waals surface area contributed by atoms with Crippen LogP contribution in [0.25, 0.3) is 11.0 Å². The zero-order valence-corrected chi connectivity index (χ0v) is 15.6. The Morgan fingerprint density at radius 1 is 1.27 bits per heavy atom. The molecule has 3 aromatic rings. The lowest BCUT2D eigenvalue weighted by atomic mass is 9.95. The van der Waals surface area contributed by atoms with Gasteiger partial charge in [-0.05, 0) is 60.1 Å². The Bertz CT molecular complexity index is 967. The van der Waals surface area contributed by atoms with Crippen molar-refractivity contribution < 1.29 is 9.21 Å². The minimum atomic E-state index is 0.0566. The second kappa shape index (κ2) is 6.64. The molecule has 1 atom stereocenters. The van der Waals surface area contributed by atoms with E-state index in [1.54, 1.807) is 6.26 Å². The molecule has 1 heterocycles. The third-order valence-corrected chi connectivity index (χ3v) is 5.48. The number of hydrogen-bond donors (Lipinski definition) is 1. The summed E-state index contributed by atoms with van der Waals surface area (Å²) in [6.45, 7) is 6.50. The first-order chi connectivity index (χ1) is 12.5. The Hall–Kier alpha value is -2.55. The Balaban J connectivity index is 1.54. The molecule has 3 heteroatoms. The van der Waals surface area contributed by atoms with E-state index >= 15 is 0 Å². The molecule has 1 aliphatic rings. The highest BCUT2D eigenvalue weighted by Gasteiger charge is 2.24. The number of rotatable bonds is 4. The fourth-order valence-electron chi connectivity index (χ4n) is 4.13. The molecular weight excluding hydrogens is 322 g/mol. The molecule has 3 nitrogen and oxygen atoms in total. The molecule has 1 N–H and O–H groups in total. The van der Waals surface area contributed by atoms with Crippen LogP contribution in [0.1, 0.15) is 60.0 Å². The van der Waals surface area contributed by atoms with Gasteiger partial charge in [0.2, 0.25) is 5.91 Å². The summed E-state index contributed by atoms with van der Waals surface area (Å²) in [6.07, 6.45) is 4.10. The first-order valence-corrected chi connectivity index (χ1v) is 9.40. The van der Waals surface area contributed by atoms with Gasteiger partial charge < -0.3 is 9.73 Å². The number of furan rings is 1. The van der Waals surface area contributed by atoms with Crippen LogP contribution in [-0.4, -0.2) is 5.91 Å². The molecule has 0 bridgehead atoms. The largest absolute Gasteiger partial charge is 0.464 e. The van der Waals surface area contributed by atoms with Crippen molar-refractivity contribution in [2.24, 2.45) is 0 Å². The van der Waals surface area contributed by atoms with Gasteiger partial charge in [-0.1, -0.05) is 38.1 Å². The summed E-state index contributed by atoms with van der Waals surface area (Å²) in [5.74, 6) is 0.507. The van der Waals surface area contributed by atoms with Gasteiger partial charge >= 0.3 is 0 Å². The van der Waals surface area contributed by atoms with Crippen LogP contribution in [0.4, 0.5) is 0 Å². The fourth-order valence-corrected chi connectivity index (χ4v) is 4.13. The predicted octanol–water partition coefficient (Wildman–Crippen LogP) is 5.21. The molecule has 4 rings (SSSR count). The average Bonchev–Trinajstić information content (AvgIpc) is 3.18. The number of benzene rings is 2. The van der Waals surface area contributed by atoms with E-state index in [1.807, 2.05) is 6.07 Å². The Morgan fingerprint density at radius 3 is 2.88 bits per heavy atom. The van der Waals surface area contributed by atoms with E-state index in [0.29, 0.717) is 12.3 Å². The third kappa shape index (κ3) is 3.03. The number of nitrogens with one attached hydrogen (secondary N) is 1. The van der Waals surface area contributed by atoms with E-state index in [9.17, 15) is 4.79 Å². The topological polar surface area (TPSA) is 42.2 Å². The zero-order chi connectivity index (χ0) is 18.3. The van der Waals surface area contributed by atoms with Crippen molar-refractivity contribution in [3.05, 3.63) is 70.5 Å². The zero-order valence-electron chi connectivity index (χ0n) is 15.6. The van der Waals surface area contributed by atoms with Crippen LogP contribution >= 0.6 is 0 Å². The van der Waals surface area contributed by atoms with Crippen LogP contribution in [0.5, 0.6) is 0 Å². The number of amides is 1.